The maximum absolute atomic E-state index is 5.78. The van der Waals surface area contributed by atoms with Crippen LogP contribution >= 0.6 is 0 Å². The van der Waals surface area contributed by atoms with Crippen LogP contribution in [-0.2, 0) is 6.54 Å². The van der Waals surface area contributed by atoms with Crippen LogP contribution in [0.4, 0.5) is 0 Å². The molecule has 1 saturated heterocycles. The average molecular weight is 238 g/mol. The Labute approximate surface area is 108 Å². The summed E-state index contributed by atoms with van der Waals surface area (Å²) in [5.41, 5.74) is 9.69. The summed E-state index contributed by atoms with van der Waals surface area (Å²) in [6, 6.07) is 19.7. The van der Waals surface area contributed by atoms with Crippen LogP contribution in [0.2, 0.25) is 0 Å². The van der Waals surface area contributed by atoms with E-state index in [-0.39, 0.29) is 0 Å². The van der Waals surface area contributed by atoms with Crippen LogP contribution in [0.15, 0.2) is 54.6 Å². The summed E-state index contributed by atoms with van der Waals surface area (Å²) in [6.07, 6.45) is 0. The van der Waals surface area contributed by atoms with E-state index in [2.05, 4.69) is 53.4 Å². The molecular weight excluding hydrogens is 220 g/mol. The molecule has 2 nitrogen and oxygen atoms in total. The van der Waals surface area contributed by atoms with Crippen molar-refractivity contribution in [3.63, 3.8) is 0 Å². The number of hydrogen-bond donors (Lipinski definition) is 1. The molecule has 0 atom stereocenters. The highest BCUT2D eigenvalue weighted by Gasteiger charge is 2.22. The Morgan fingerprint density at radius 2 is 1.50 bits per heavy atom. The zero-order chi connectivity index (χ0) is 12.4. The van der Waals surface area contributed by atoms with Crippen LogP contribution < -0.4 is 5.73 Å². The Kier molecular flexibility index (Phi) is 3.13. The summed E-state index contributed by atoms with van der Waals surface area (Å²) >= 11 is 0. The maximum Gasteiger partial charge on any atom is 0.0297 e. The maximum atomic E-state index is 5.78. The molecule has 0 amide bonds. The van der Waals surface area contributed by atoms with Gasteiger partial charge >= 0.3 is 0 Å². The number of rotatable bonds is 3. The zero-order valence-electron chi connectivity index (χ0n) is 10.4. The van der Waals surface area contributed by atoms with E-state index >= 15 is 0 Å². The second-order valence-corrected chi connectivity index (χ2v) is 5.02. The van der Waals surface area contributed by atoms with Crippen molar-refractivity contribution in [3.05, 3.63) is 60.2 Å². The lowest BCUT2D eigenvalue weighted by Gasteiger charge is -2.36. The van der Waals surface area contributed by atoms with Crippen molar-refractivity contribution < 1.29 is 0 Å². The molecule has 1 aliphatic heterocycles. The molecule has 0 aliphatic carbocycles. The third-order valence-electron chi connectivity index (χ3n) is 3.45. The standard InChI is InChI=1S/C16H18N2/c17-16-11-18(12-16)10-13-6-8-15(9-7-13)14-4-2-1-3-5-14/h1-9,16H,10-12,17H2. The van der Waals surface area contributed by atoms with Crippen molar-refractivity contribution in [1.29, 1.82) is 0 Å². The van der Waals surface area contributed by atoms with E-state index < -0.39 is 0 Å². The van der Waals surface area contributed by atoms with Gasteiger partial charge in [-0.25, -0.2) is 0 Å². The second-order valence-electron chi connectivity index (χ2n) is 5.02. The predicted molar refractivity (Wildman–Crippen MR) is 75.1 cm³/mol. The van der Waals surface area contributed by atoms with Gasteiger partial charge in [0.05, 0.1) is 0 Å². The van der Waals surface area contributed by atoms with Gasteiger partial charge in [-0.1, -0.05) is 54.6 Å². The Hall–Kier alpha value is -1.64. The summed E-state index contributed by atoms with van der Waals surface area (Å²) in [5, 5.41) is 0. The van der Waals surface area contributed by atoms with Crippen molar-refractivity contribution in [2.45, 2.75) is 12.6 Å². The summed E-state index contributed by atoms with van der Waals surface area (Å²) in [5.74, 6) is 0. The molecule has 92 valence electrons. The molecule has 0 bridgehead atoms. The molecule has 0 radical (unpaired) electrons. The minimum absolute atomic E-state index is 0.383. The van der Waals surface area contributed by atoms with E-state index in [0.29, 0.717) is 6.04 Å². The van der Waals surface area contributed by atoms with Gasteiger partial charge in [0.15, 0.2) is 0 Å². The first-order valence-electron chi connectivity index (χ1n) is 6.43. The van der Waals surface area contributed by atoms with Crippen LogP contribution in [0.25, 0.3) is 11.1 Å². The summed E-state index contributed by atoms with van der Waals surface area (Å²) in [7, 11) is 0. The second kappa shape index (κ2) is 4.92. The smallest absolute Gasteiger partial charge is 0.0297 e. The monoisotopic (exact) mass is 238 g/mol. The SMILES string of the molecule is NC1CN(Cc2ccc(-c3ccccc3)cc2)C1. The minimum atomic E-state index is 0.383. The molecule has 2 N–H and O–H groups in total. The van der Waals surface area contributed by atoms with Gasteiger partial charge < -0.3 is 5.73 Å². The van der Waals surface area contributed by atoms with Crippen molar-refractivity contribution in [1.82, 2.24) is 4.90 Å². The third kappa shape index (κ3) is 2.45. The molecule has 1 fully saturated rings. The van der Waals surface area contributed by atoms with Gasteiger partial charge in [0.1, 0.15) is 0 Å². The number of nitrogens with two attached hydrogens (primary N) is 1. The lowest BCUT2D eigenvalue weighted by Crippen LogP contribution is -2.54. The molecule has 0 unspecified atom stereocenters. The van der Waals surface area contributed by atoms with Crippen molar-refractivity contribution in [2.75, 3.05) is 13.1 Å². The Morgan fingerprint density at radius 1 is 0.889 bits per heavy atom. The number of nitrogens with zero attached hydrogens (tertiary/aromatic N) is 1. The zero-order valence-corrected chi connectivity index (χ0v) is 10.4. The van der Waals surface area contributed by atoms with E-state index in [1.54, 1.807) is 0 Å². The highest BCUT2D eigenvalue weighted by molar-refractivity contribution is 5.63. The van der Waals surface area contributed by atoms with Crippen molar-refractivity contribution in [3.8, 4) is 11.1 Å². The van der Waals surface area contributed by atoms with Gasteiger partial charge in [-0.15, -0.1) is 0 Å². The number of hydrogen-bond acceptors (Lipinski definition) is 2. The van der Waals surface area contributed by atoms with Crippen LogP contribution in [0.5, 0.6) is 0 Å². The summed E-state index contributed by atoms with van der Waals surface area (Å²) in [6.45, 7) is 3.07. The highest BCUT2D eigenvalue weighted by Crippen LogP contribution is 2.20. The summed E-state index contributed by atoms with van der Waals surface area (Å²) < 4.78 is 0. The molecule has 0 aromatic heterocycles. The van der Waals surface area contributed by atoms with E-state index in [4.69, 9.17) is 5.73 Å². The fourth-order valence-corrected chi connectivity index (χ4v) is 2.43. The lowest BCUT2D eigenvalue weighted by atomic mass is 10.0. The fourth-order valence-electron chi connectivity index (χ4n) is 2.43. The fraction of sp³-hybridized carbons (Fsp3) is 0.250. The van der Waals surface area contributed by atoms with Crippen LogP contribution in [0.1, 0.15) is 5.56 Å². The molecule has 0 saturated carbocycles. The van der Waals surface area contributed by atoms with Gasteiger partial charge in [-0.2, -0.15) is 0 Å². The van der Waals surface area contributed by atoms with Crippen LogP contribution in [0.3, 0.4) is 0 Å². The molecular formula is C16H18N2. The van der Waals surface area contributed by atoms with Gasteiger partial charge in [0, 0.05) is 25.7 Å². The molecule has 0 spiro atoms. The first-order valence-corrected chi connectivity index (χ1v) is 6.43. The van der Waals surface area contributed by atoms with E-state index in [1.165, 1.54) is 16.7 Å². The predicted octanol–water partition coefficient (Wildman–Crippen LogP) is 2.50. The molecule has 1 aliphatic rings. The minimum Gasteiger partial charge on any atom is -0.325 e. The van der Waals surface area contributed by atoms with Crippen LogP contribution in [-0.4, -0.2) is 24.0 Å². The molecule has 2 heteroatoms. The van der Waals surface area contributed by atoms with Gasteiger partial charge in [-0.05, 0) is 16.7 Å². The van der Waals surface area contributed by atoms with Gasteiger partial charge in [0.2, 0.25) is 0 Å². The average Bonchev–Trinajstić information content (AvgIpc) is 2.39. The summed E-state index contributed by atoms with van der Waals surface area (Å²) in [4.78, 5) is 2.38. The van der Waals surface area contributed by atoms with Crippen LogP contribution in [0, 0.1) is 0 Å². The molecule has 2 aromatic carbocycles. The molecule has 2 aromatic rings. The van der Waals surface area contributed by atoms with Crippen molar-refractivity contribution in [2.24, 2.45) is 5.73 Å². The first-order chi connectivity index (χ1) is 8.81. The van der Waals surface area contributed by atoms with E-state index in [9.17, 15) is 0 Å². The Bertz CT molecular complexity index is 498. The van der Waals surface area contributed by atoms with Crippen molar-refractivity contribution >= 4 is 0 Å². The van der Waals surface area contributed by atoms with Gasteiger partial charge in [-0.3, -0.25) is 4.90 Å². The van der Waals surface area contributed by atoms with E-state index in [1.807, 2.05) is 6.07 Å². The van der Waals surface area contributed by atoms with E-state index in [0.717, 1.165) is 19.6 Å². The third-order valence-corrected chi connectivity index (χ3v) is 3.45. The first kappa shape index (κ1) is 11.5. The largest absolute Gasteiger partial charge is 0.325 e. The topological polar surface area (TPSA) is 29.3 Å². The molecule has 1 heterocycles. The Balaban J connectivity index is 1.69. The molecule has 18 heavy (non-hydrogen) atoms. The quantitative estimate of drug-likeness (QED) is 0.890. The number of likely N-dealkylation sites (tertiary alicyclic amines) is 1. The molecule has 3 rings (SSSR count). The highest BCUT2D eigenvalue weighted by atomic mass is 15.2. The van der Waals surface area contributed by atoms with Gasteiger partial charge in [0.25, 0.3) is 0 Å². The lowest BCUT2D eigenvalue weighted by molar-refractivity contribution is 0.142. The Morgan fingerprint density at radius 3 is 2.11 bits per heavy atom. The normalized spacial score (nSPS) is 16.5. The number of benzene rings is 2.